The van der Waals surface area contributed by atoms with Crippen molar-refractivity contribution >= 4 is 81.4 Å². The number of nitrogens with zero attached hydrogens (tertiary/aromatic N) is 1. The van der Waals surface area contributed by atoms with Crippen molar-refractivity contribution in [2.75, 3.05) is 19.0 Å². The van der Waals surface area contributed by atoms with Crippen LogP contribution in [0.15, 0.2) is 30.3 Å². The Balaban J connectivity index is 2.13. The van der Waals surface area contributed by atoms with Crippen molar-refractivity contribution in [1.82, 2.24) is 16.0 Å². The van der Waals surface area contributed by atoms with Crippen molar-refractivity contribution in [3.8, 4) is 0 Å². The molecule has 4 nitrogen and oxygen atoms in total. The first-order chi connectivity index (χ1) is 11.5. The molecule has 0 aliphatic carbocycles. The molecule has 1 aromatic carbocycles. The smallest absolute Gasteiger partial charge is 0.218 e. The van der Waals surface area contributed by atoms with E-state index in [2.05, 4.69) is 16.0 Å². The Morgan fingerprint density at radius 3 is 1.72 bits per heavy atom. The molecule has 2 atom stereocenters. The molecule has 0 amide bonds. The van der Waals surface area contributed by atoms with Crippen LogP contribution in [-0.2, 0) is 0 Å². The normalized spacial score (nSPS) is 25.4. The van der Waals surface area contributed by atoms with Gasteiger partial charge < -0.3 is 4.90 Å². The third kappa shape index (κ3) is 6.49. The first-order valence-electron chi connectivity index (χ1n) is 7.34. The van der Waals surface area contributed by atoms with E-state index in [9.17, 15) is 0 Å². The van der Waals surface area contributed by atoms with Gasteiger partial charge in [-0.05, 0) is 17.7 Å². The van der Waals surface area contributed by atoms with Crippen LogP contribution in [0, 0.1) is 0 Å². The molecule has 0 radical (unpaired) electrons. The molecule has 1 aliphatic rings. The summed E-state index contributed by atoms with van der Waals surface area (Å²) in [7, 11) is 3.98. The molecule has 140 valence electrons. The first-order valence-corrected chi connectivity index (χ1v) is 9.61. The molecule has 2 unspecified atom stereocenters. The summed E-state index contributed by atoms with van der Waals surface area (Å²) in [5.41, 5.74) is 2.13. The highest BCUT2D eigenvalue weighted by atomic mass is 35.6. The van der Waals surface area contributed by atoms with E-state index in [1.165, 1.54) is 0 Å². The average molecular weight is 467 g/mol. The second-order valence-electron chi connectivity index (χ2n) is 5.77. The van der Waals surface area contributed by atoms with Gasteiger partial charge in [0.15, 0.2) is 0 Å². The minimum Gasteiger partial charge on any atom is -0.378 e. The van der Waals surface area contributed by atoms with Gasteiger partial charge in [0.2, 0.25) is 7.59 Å². The molecule has 1 aliphatic heterocycles. The molecule has 3 N–H and O–H groups in total. The van der Waals surface area contributed by atoms with Gasteiger partial charge in [0, 0.05) is 19.8 Å². The maximum absolute atomic E-state index is 5.98. The average Bonchev–Trinajstić information content (AvgIpc) is 2.51. The third-order valence-electron chi connectivity index (χ3n) is 3.57. The van der Waals surface area contributed by atoms with Gasteiger partial charge in [0.1, 0.15) is 12.3 Å². The minimum absolute atomic E-state index is 0.365. The zero-order chi connectivity index (χ0) is 18.8. The third-order valence-corrected chi connectivity index (χ3v) is 4.88. The van der Waals surface area contributed by atoms with Crippen LogP contribution in [0.2, 0.25) is 0 Å². The lowest BCUT2D eigenvalue weighted by Crippen LogP contribution is -2.72. The van der Waals surface area contributed by atoms with Crippen LogP contribution in [0.1, 0.15) is 5.56 Å². The van der Waals surface area contributed by atoms with Gasteiger partial charge in [-0.2, -0.15) is 0 Å². The highest BCUT2D eigenvalue weighted by molar-refractivity contribution is 6.68. The predicted molar refractivity (Wildman–Crippen MR) is 111 cm³/mol. The van der Waals surface area contributed by atoms with Gasteiger partial charge in [-0.1, -0.05) is 93.9 Å². The SMILES string of the molecule is CN(C)c1ccc(/C=C\C2NC(C(Cl)(Cl)Cl)NC(C(Cl)(Cl)Cl)N2)cc1. The topological polar surface area (TPSA) is 39.3 Å². The molecule has 0 spiro atoms. The fourth-order valence-electron chi connectivity index (χ4n) is 2.25. The van der Waals surface area contributed by atoms with Crippen molar-refractivity contribution in [1.29, 1.82) is 0 Å². The lowest BCUT2D eigenvalue weighted by atomic mass is 10.1. The zero-order valence-electron chi connectivity index (χ0n) is 13.4. The molecule has 1 aromatic rings. The van der Waals surface area contributed by atoms with E-state index in [-0.39, 0.29) is 6.17 Å². The number of halogens is 6. The summed E-state index contributed by atoms with van der Waals surface area (Å²) in [6.45, 7) is 0. The van der Waals surface area contributed by atoms with E-state index >= 15 is 0 Å². The Morgan fingerprint density at radius 2 is 1.32 bits per heavy atom. The van der Waals surface area contributed by atoms with Crippen LogP contribution in [0.4, 0.5) is 5.69 Å². The molecule has 1 saturated heterocycles. The number of anilines is 1. The molecule has 1 heterocycles. The van der Waals surface area contributed by atoms with Crippen molar-refractivity contribution in [3.05, 3.63) is 35.9 Å². The molecule has 25 heavy (non-hydrogen) atoms. The second-order valence-corrected chi connectivity index (χ2v) is 10.5. The maximum Gasteiger partial charge on any atom is 0.218 e. The van der Waals surface area contributed by atoms with Crippen LogP contribution in [0.5, 0.6) is 0 Å². The molecule has 0 bridgehead atoms. The van der Waals surface area contributed by atoms with Gasteiger partial charge >= 0.3 is 0 Å². The summed E-state index contributed by atoms with van der Waals surface area (Å²) >= 11 is 35.9. The van der Waals surface area contributed by atoms with Crippen LogP contribution in [-0.4, -0.2) is 40.2 Å². The van der Waals surface area contributed by atoms with E-state index in [4.69, 9.17) is 69.6 Å². The Bertz CT molecular complexity index is 572. The summed E-state index contributed by atoms with van der Waals surface area (Å²) in [6, 6.07) is 8.06. The number of hydrogen-bond donors (Lipinski definition) is 3. The summed E-state index contributed by atoms with van der Waals surface area (Å²) in [5, 5.41) is 9.14. The monoisotopic (exact) mass is 464 g/mol. The van der Waals surface area contributed by atoms with E-state index < -0.39 is 19.9 Å². The van der Waals surface area contributed by atoms with Gasteiger partial charge in [0.05, 0.1) is 6.17 Å². The predicted octanol–water partition coefficient (Wildman–Crippen LogP) is 4.27. The van der Waals surface area contributed by atoms with Crippen molar-refractivity contribution in [2.45, 2.75) is 26.1 Å². The number of benzene rings is 1. The minimum atomic E-state index is -1.62. The largest absolute Gasteiger partial charge is 0.378 e. The maximum atomic E-state index is 5.98. The second kappa shape index (κ2) is 8.59. The Hall–Kier alpha value is 0.380. The van der Waals surface area contributed by atoms with E-state index in [0.29, 0.717) is 0 Å². The van der Waals surface area contributed by atoms with Gasteiger partial charge in [-0.3, -0.25) is 16.0 Å². The van der Waals surface area contributed by atoms with Crippen molar-refractivity contribution in [3.63, 3.8) is 0 Å². The molecular formula is C15H18Cl6N4. The fourth-order valence-corrected chi connectivity index (χ4v) is 3.01. The Kier molecular flexibility index (Phi) is 7.45. The summed E-state index contributed by atoms with van der Waals surface area (Å²) in [5.74, 6) is 0. The van der Waals surface area contributed by atoms with E-state index in [0.717, 1.165) is 11.3 Å². The first kappa shape index (κ1) is 21.7. The van der Waals surface area contributed by atoms with Crippen LogP contribution < -0.4 is 20.9 Å². The lowest BCUT2D eigenvalue weighted by molar-refractivity contribution is 0.228. The highest BCUT2D eigenvalue weighted by Gasteiger charge is 2.44. The number of rotatable bonds is 3. The molecule has 1 fully saturated rings. The van der Waals surface area contributed by atoms with Crippen molar-refractivity contribution in [2.24, 2.45) is 0 Å². The van der Waals surface area contributed by atoms with Crippen LogP contribution in [0.25, 0.3) is 6.08 Å². The molecule has 2 rings (SSSR count). The lowest BCUT2D eigenvalue weighted by Gasteiger charge is -2.42. The molecule has 0 aromatic heterocycles. The molecule has 0 saturated carbocycles. The Morgan fingerprint density at radius 1 is 0.840 bits per heavy atom. The number of alkyl halides is 6. The highest BCUT2D eigenvalue weighted by Crippen LogP contribution is 2.35. The quantitative estimate of drug-likeness (QED) is 0.582. The zero-order valence-corrected chi connectivity index (χ0v) is 17.9. The summed E-state index contributed by atoms with van der Waals surface area (Å²) in [4.78, 5) is 2.03. The van der Waals surface area contributed by atoms with E-state index in [1.807, 2.05) is 55.4 Å². The number of hydrogen-bond acceptors (Lipinski definition) is 4. The van der Waals surface area contributed by atoms with Gasteiger partial charge in [0.25, 0.3) is 0 Å². The van der Waals surface area contributed by atoms with E-state index in [1.54, 1.807) is 0 Å². The standard InChI is InChI=1S/C15H18Cl6N4/c1-25(2)10-6-3-9(4-7-10)5-8-11-22-12(14(16,17)18)24-13(23-11)15(19,20)21/h3-8,11-13,22-24H,1-2H3/b8-5-. The summed E-state index contributed by atoms with van der Waals surface area (Å²) < 4.78 is -3.23. The van der Waals surface area contributed by atoms with Crippen molar-refractivity contribution < 1.29 is 0 Å². The van der Waals surface area contributed by atoms with Crippen LogP contribution in [0.3, 0.4) is 0 Å². The Labute approximate surface area is 177 Å². The summed E-state index contributed by atoms with van der Waals surface area (Å²) in [6.07, 6.45) is 2.03. The van der Waals surface area contributed by atoms with Crippen LogP contribution >= 0.6 is 69.6 Å². The molecule has 10 heteroatoms. The fraction of sp³-hybridized carbons (Fsp3) is 0.467. The number of nitrogens with one attached hydrogen (secondary N) is 3. The molecular weight excluding hydrogens is 449 g/mol. The van der Waals surface area contributed by atoms with Gasteiger partial charge in [-0.15, -0.1) is 0 Å². The van der Waals surface area contributed by atoms with Gasteiger partial charge in [-0.25, -0.2) is 0 Å².